The summed E-state index contributed by atoms with van der Waals surface area (Å²) in [5.74, 6) is -1.89. The van der Waals surface area contributed by atoms with E-state index >= 15 is 0 Å². The summed E-state index contributed by atoms with van der Waals surface area (Å²) < 4.78 is 25.5. The molecule has 0 aliphatic heterocycles. The third-order valence-electron chi connectivity index (χ3n) is 2.63. The highest BCUT2D eigenvalue weighted by Gasteiger charge is 2.27. The number of rotatable bonds is 2. The van der Waals surface area contributed by atoms with E-state index in [0.717, 1.165) is 12.1 Å². The largest absolute Gasteiger partial charge is 0.385 e. The Balaban J connectivity index is 3.14. The van der Waals surface area contributed by atoms with Gasteiger partial charge in [-0.3, -0.25) is 0 Å². The van der Waals surface area contributed by atoms with E-state index in [2.05, 4.69) is 0 Å². The summed E-state index contributed by atoms with van der Waals surface area (Å²) in [5.41, 5.74) is -0.736. The Morgan fingerprint density at radius 1 is 1.21 bits per heavy atom. The molecule has 0 aliphatic rings. The van der Waals surface area contributed by atoms with Gasteiger partial charge in [0.05, 0.1) is 5.60 Å². The molecule has 1 nitrogen and oxygen atoms in total. The van der Waals surface area contributed by atoms with Crippen molar-refractivity contribution in [2.45, 2.75) is 26.4 Å². The van der Waals surface area contributed by atoms with Crippen LogP contribution in [-0.2, 0) is 5.60 Å². The van der Waals surface area contributed by atoms with E-state index in [4.69, 9.17) is 0 Å². The summed E-state index contributed by atoms with van der Waals surface area (Å²) in [4.78, 5) is 0. The Kier molecular flexibility index (Phi) is 2.90. The lowest BCUT2D eigenvalue weighted by Gasteiger charge is -2.28. The van der Waals surface area contributed by atoms with Crippen LogP contribution in [0.1, 0.15) is 26.3 Å². The highest BCUT2D eigenvalue weighted by atomic mass is 19.2. The average Bonchev–Trinajstić information content (AvgIpc) is 2.09. The van der Waals surface area contributed by atoms with Gasteiger partial charge in [0.25, 0.3) is 0 Å². The first-order valence-corrected chi connectivity index (χ1v) is 4.53. The number of halogens is 2. The topological polar surface area (TPSA) is 20.2 Å². The summed E-state index contributed by atoms with van der Waals surface area (Å²) >= 11 is 0. The van der Waals surface area contributed by atoms with E-state index in [9.17, 15) is 13.9 Å². The Hall–Kier alpha value is -0.960. The minimum atomic E-state index is -1.13. The zero-order valence-electron chi connectivity index (χ0n) is 8.51. The molecule has 3 heteroatoms. The Bertz CT molecular complexity index is 332. The molecule has 0 aromatic heterocycles. The van der Waals surface area contributed by atoms with Crippen LogP contribution < -0.4 is 0 Å². The molecular formula is C11H14F2O. The van der Waals surface area contributed by atoms with Crippen LogP contribution in [0.25, 0.3) is 0 Å². The third kappa shape index (κ3) is 1.93. The van der Waals surface area contributed by atoms with Crippen LogP contribution >= 0.6 is 0 Å². The molecule has 0 amide bonds. The van der Waals surface area contributed by atoms with Gasteiger partial charge < -0.3 is 5.11 Å². The van der Waals surface area contributed by atoms with Gasteiger partial charge in [0.15, 0.2) is 11.6 Å². The van der Waals surface area contributed by atoms with Crippen LogP contribution in [0, 0.1) is 17.6 Å². The van der Waals surface area contributed by atoms with Crippen molar-refractivity contribution < 1.29 is 13.9 Å². The molecule has 78 valence electrons. The maximum Gasteiger partial charge on any atom is 0.159 e. The minimum Gasteiger partial charge on any atom is -0.385 e. The van der Waals surface area contributed by atoms with Crippen LogP contribution in [-0.4, -0.2) is 5.11 Å². The first-order chi connectivity index (χ1) is 6.35. The van der Waals surface area contributed by atoms with E-state index in [0.29, 0.717) is 5.56 Å². The second-order valence-corrected chi connectivity index (χ2v) is 3.93. The normalized spacial score (nSPS) is 15.6. The lowest BCUT2D eigenvalue weighted by Crippen LogP contribution is -2.28. The average molecular weight is 200 g/mol. The molecule has 0 heterocycles. The van der Waals surface area contributed by atoms with E-state index in [1.165, 1.54) is 6.07 Å². The van der Waals surface area contributed by atoms with Crippen LogP contribution in [0.3, 0.4) is 0 Å². The molecule has 0 saturated heterocycles. The Labute approximate surface area is 82.4 Å². The van der Waals surface area contributed by atoms with Crippen molar-refractivity contribution in [2.75, 3.05) is 0 Å². The van der Waals surface area contributed by atoms with Crippen molar-refractivity contribution in [3.8, 4) is 0 Å². The summed E-state index contributed by atoms with van der Waals surface area (Å²) in [5, 5.41) is 9.99. The van der Waals surface area contributed by atoms with E-state index in [-0.39, 0.29) is 5.92 Å². The molecule has 1 aromatic carbocycles. The van der Waals surface area contributed by atoms with Crippen molar-refractivity contribution >= 4 is 0 Å². The summed E-state index contributed by atoms with van der Waals surface area (Å²) in [6.45, 7) is 5.23. The number of benzene rings is 1. The molecule has 1 aromatic rings. The third-order valence-corrected chi connectivity index (χ3v) is 2.63. The van der Waals surface area contributed by atoms with Crippen LogP contribution in [0.5, 0.6) is 0 Å². The van der Waals surface area contributed by atoms with Gasteiger partial charge in [0.1, 0.15) is 0 Å². The lowest BCUT2D eigenvalue weighted by atomic mass is 9.85. The summed E-state index contributed by atoms with van der Waals surface area (Å²) in [7, 11) is 0. The second-order valence-electron chi connectivity index (χ2n) is 3.93. The van der Waals surface area contributed by atoms with Gasteiger partial charge in [-0.25, -0.2) is 8.78 Å². The van der Waals surface area contributed by atoms with E-state index in [1.54, 1.807) is 6.92 Å². The lowest BCUT2D eigenvalue weighted by molar-refractivity contribution is 0.00868. The highest BCUT2D eigenvalue weighted by molar-refractivity contribution is 5.23. The van der Waals surface area contributed by atoms with Crippen molar-refractivity contribution in [3.63, 3.8) is 0 Å². The Morgan fingerprint density at radius 3 is 2.21 bits per heavy atom. The maximum absolute atomic E-state index is 12.9. The van der Waals surface area contributed by atoms with Gasteiger partial charge in [-0.05, 0) is 30.5 Å². The van der Waals surface area contributed by atoms with Gasteiger partial charge >= 0.3 is 0 Å². The summed E-state index contributed by atoms with van der Waals surface area (Å²) in [6, 6.07) is 3.47. The molecular weight excluding hydrogens is 186 g/mol. The Morgan fingerprint density at radius 2 is 1.79 bits per heavy atom. The van der Waals surface area contributed by atoms with E-state index < -0.39 is 17.2 Å². The number of hydrogen-bond acceptors (Lipinski definition) is 1. The van der Waals surface area contributed by atoms with Crippen molar-refractivity contribution in [3.05, 3.63) is 35.4 Å². The molecule has 1 atom stereocenters. The van der Waals surface area contributed by atoms with Crippen molar-refractivity contribution in [2.24, 2.45) is 5.92 Å². The van der Waals surface area contributed by atoms with Gasteiger partial charge in [-0.2, -0.15) is 0 Å². The predicted octanol–water partition coefficient (Wildman–Crippen LogP) is 2.83. The standard InChI is InChI=1S/C11H14F2O/c1-7(2)11(3,14)8-4-5-9(12)10(13)6-8/h4-7,14H,1-3H3. The fourth-order valence-electron chi connectivity index (χ4n) is 1.14. The van der Waals surface area contributed by atoms with E-state index in [1.807, 2.05) is 13.8 Å². The fourth-order valence-corrected chi connectivity index (χ4v) is 1.14. The SMILES string of the molecule is CC(C)C(C)(O)c1ccc(F)c(F)c1. The van der Waals surface area contributed by atoms with Gasteiger partial charge in [-0.1, -0.05) is 19.9 Å². The zero-order valence-corrected chi connectivity index (χ0v) is 8.51. The molecule has 0 fully saturated rings. The first-order valence-electron chi connectivity index (χ1n) is 4.53. The van der Waals surface area contributed by atoms with Crippen molar-refractivity contribution in [1.82, 2.24) is 0 Å². The molecule has 1 N–H and O–H groups in total. The number of hydrogen-bond donors (Lipinski definition) is 1. The molecule has 1 unspecified atom stereocenters. The van der Waals surface area contributed by atoms with Crippen LogP contribution in [0.15, 0.2) is 18.2 Å². The minimum absolute atomic E-state index is 0.0626. The van der Waals surface area contributed by atoms with Gasteiger partial charge in [0, 0.05) is 0 Å². The maximum atomic E-state index is 12.9. The van der Waals surface area contributed by atoms with Gasteiger partial charge in [-0.15, -0.1) is 0 Å². The smallest absolute Gasteiger partial charge is 0.159 e. The highest BCUT2D eigenvalue weighted by Crippen LogP contribution is 2.29. The van der Waals surface area contributed by atoms with Gasteiger partial charge in [0.2, 0.25) is 0 Å². The first kappa shape index (κ1) is 11.1. The molecule has 14 heavy (non-hydrogen) atoms. The molecule has 0 bridgehead atoms. The second kappa shape index (κ2) is 3.65. The molecule has 0 spiro atoms. The molecule has 0 saturated carbocycles. The molecule has 0 aliphatic carbocycles. The number of aliphatic hydroxyl groups is 1. The molecule has 1 rings (SSSR count). The van der Waals surface area contributed by atoms with Crippen LogP contribution in [0.2, 0.25) is 0 Å². The fraction of sp³-hybridized carbons (Fsp3) is 0.455. The monoisotopic (exact) mass is 200 g/mol. The van der Waals surface area contributed by atoms with Crippen LogP contribution in [0.4, 0.5) is 8.78 Å². The summed E-state index contributed by atoms with van der Waals surface area (Å²) in [6.07, 6.45) is 0. The quantitative estimate of drug-likeness (QED) is 0.778. The predicted molar refractivity (Wildman–Crippen MR) is 50.8 cm³/mol. The van der Waals surface area contributed by atoms with Crippen molar-refractivity contribution in [1.29, 1.82) is 0 Å². The molecule has 0 radical (unpaired) electrons. The zero-order chi connectivity index (χ0) is 10.9.